The van der Waals surface area contributed by atoms with Crippen LogP contribution in [-0.2, 0) is 9.59 Å². The lowest BCUT2D eigenvalue weighted by Crippen LogP contribution is -2.41. The zero-order valence-electron chi connectivity index (χ0n) is 11.8. The average molecular weight is 339 g/mol. The van der Waals surface area contributed by atoms with Gasteiger partial charge in [0.25, 0.3) is 5.91 Å². The van der Waals surface area contributed by atoms with Gasteiger partial charge in [0.2, 0.25) is 0 Å². The number of methoxy groups -OCH3 is 1. The Balaban J connectivity index is 2.32. The van der Waals surface area contributed by atoms with Crippen LogP contribution in [0.3, 0.4) is 0 Å². The first-order valence-electron chi connectivity index (χ1n) is 6.22. The third kappa shape index (κ3) is 3.07. The second-order valence-corrected chi connectivity index (χ2v) is 6.17. The summed E-state index contributed by atoms with van der Waals surface area (Å²) in [7, 11) is 1.42. The van der Waals surface area contributed by atoms with E-state index in [0.29, 0.717) is 10.5 Å². The van der Waals surface area contributed by atoms with Crippen LogP contribution in [0.5, 0.6) is 11.5 Å². The van der Waals surface area contributed by atoms with Crippen molar-refractivity contribution in [1.29, 1.82) is 0 Å². The normalized spacial score (nSPS) is 17.9. The summed E-state index contributed by atoms with van der Waals surface area (Å²) in [6.45, 7) is 1.40. The third-order valence-corrected chi connectivity index (χ3v) is 4.40. The lowest BCUT2D eigenvalue weighted by molar-refractivity contribution is -0.144. The molecule has 2 rings (SSSR count). The molecule has 1 saturated heterocycles. The van der Waals surface area contributed by atoms with Gasteiger partial charge in [-0.15, -0.1) is 0 Å². The summed E-state index contributed by atoms with van der Waals surface area (Å²) in [5, 5.41) is 18.6. The molecule has 0 saturated carbocycles. The summed E-state index contributed by atoms with van der Waals surface area (Å²) in [6, 6.07) is 3.62. The minimum atomic E-state index is -1.12. The molecule has 0 unspecified atom stereocenters. The molecule has 1 aliphatic rings. The maximum Gasteiger partial charge on any atom is 0.326 e. The van der Waals surface area contributed by atoms with E-state index in [4.69, 9.17) is 22.1 Å². The summed E-state index contributed by atoms with van der Waals surface area (Å²) < 4.78 is 5.21. The van der Waals surface area contributed by atoms with E-state index < -0.39 is 17.9 Å². The highest BCUT2D eigenvalue weighted by atomic mass is 32.2. The van der Waals surface area contributed by atoms with Crippen LogP contribution in [0, 0.1) is 0 Å². The number of carboxylic acid groups (broad SMARTS) is 1. The van der Waals surface area contributed by atoms with Gasteiger partial charge >= 0.3 is 5.97 Å². The number of carbonyl (C=O) groups excluding carboxylic acids is 1. The van der Waals surface area contributed by atoms with Crippen molar-refractivity contribution < 1.29 is 24.5 Å². The molecule has 1 aromatic rings. The fourth-order valence-electron chi connectivity index (χ4n) is 1.86. The molecule has 1 aromatic carbocycles. The number of thiocarbonyl (C=S) groups is 1. The molecule has 22 heavy (non-hydrogen) atoms. The van der Waals surface area contributed by atoms with Crippen molar-refractivity contribution in [1.82, 2.24) is 4.90 Å². The second-order valence-electron chi connectivity index (χ2n) is 4.50. The molecule has 6 nitrogen and oxygen atoms in total. The van der Waals surface area contributed by atoms with Crippen molar-refractivity contribution in [3.63, 3.8) is 0 Å². The number of aliphatic carboxylic acids is 1. The molecule has 1 atom stereocenters. The molecule has 0 aromatic heterocycles. The number of hydrogen-bond donors (Lipinski definition) is 2. The van der Waals surface area contributed by atoms with Gasteiger partial charge in [-0.05, 0) is 30.7 Å². The number of aromatic hydroxyl groups is 1. The molecular weight excluding hydrogens is 326 g/mol. The van der Waals surface area contributed by atoms with Crippen LogP contribution in [-0.4, -0.2) is 44.5 Å². The van der Waals surface area contributed by atoms with Gasteiger partial charge in [0.05, 0.1) is 12.0 Å². The van der Waals surface area contributed by atoms with Gasteiger partial charge in [0.15, 0.2) is 11.5 Å². The second kappa shape index (κ2) is 6.37. The number of phenols is 1. The Morgan fingerprint density at radius 3 is 2.77 bits per heavy atom. The topological polar surface area (TPSA) is 87.1 Å². The zero-order valence-corrected chi connectivity index (χ0v) is 13.4. The van der Waals surface area contributed by atoms with Crippen LogP contribution >= 0.6 is 24.0 Å². The molecule has 0 aliphatic carbocycles. The molecule has 1 amide bonds. The summed E-state index contributed by atoms with van der Waals surface area (Å²) >= 11 is 6.12. The Morgan fingerprint density at radius 2 is 2.18 bits per heavy atom. The molecule has 1 aliphatic heterocycles. The Labute approximate surface area is 136 Å². The van der Waals surface area contributed by atoms with E-state index in [0.717, 1.165) is 16.7 Å². The minimum absolute atomic E-state index is 0.00769. The van der Waals surface area contributed by atoms with Crippen LogP contribution in [0.4, 0.5) is 0 Å². The number of benzene rings is 1. The summed E-state index contributed by atoms with van der Waals surface area (Å²) in [4.78, 5) is 24.7. The van der Waals surface area contributed by atoms with E-state index in [2.05, 4.69) is 0 Å². The highest BCUT2D eigenvalue weighted by Crippen LogP contribution is 2.35. The summed E-state index contributed by atoms with van der Waals surface area (Å²) in [6.07, 6.45) is 1.58. The van der Waals surface area contributed by atoms with E-state index in [1.54, 1.807) is 18.2 Å². The van der Waals surface area contributed by atoms with Gasteiger partial charge in [-0.25, -0.2) is 4.79 Å². The monoisotopic (exact) mass is 339 g/mol. The van der Waals surface area contributed by atoms with Gasteiger partial charge in [0.1, 0.15) is 10.4 Å². The van der Waals surface area contributed by atoms with Gasteiger partial charge in [0, 0.05) is 0 Å². The molecule has 0 radical (unpaired) electrons. The summed E-state index contributed by atoms with van der Waals surface area (Å²) in [5.74, 6) is -1.30. The zero-order chi connectivity index (χ0) is 16.4. The number of hydrogen-bond acceptors (Lipinski definition) is 6. The van der Waals surface area contributed by atoms with E-state index >= 15 is 0 Å². The smallest absolute Gasteiger partial charge is 0.326 e. The lowest BCUT2D eigenvalue weighted by atomic mass is 10.2. The predicted octanol–water partition coefficient (Wildman–Crippen LogP) is 2.08. The fraction of sp³-hybridized carbons (Fsp3) is 0.214. The number of carboxylic acids is 1. The van der Waals surface area contributed by atoms with Crippen LogP contribution in [0.25, 0.3) is 6.08 Å². The SMILES string of the molecule is COc1cc(/C=C2/SC(=S)N([C@H](C)C(=O)O)C2=O)ccc1O. The van der Waals surface area contributed by atoms with Gasteiger partial charge < -0.3 is 14.9 Å². The minimum Gasteiger partial charge on any atom is -0.504 e. The Bertz CT molecular complexity index is 686. The molecule has 116 valence electrons. The molecule has 1 heterocycles. The van der Waals surface area contributed by atoms with Crippen LogP contribution in [0.2, 0.25) is 0 Å². The van der Waals surface area contributed by atoms with Gasteiger partial charge in [-0.1, -0.05) is 30.0 Å². The predicted molar refractivity (Wildman–Crippen MR) is 86.8 cm³/mol. The first-order valence-corrected chi connectivity index (χ1v) is 7.44. The van der Waals surface area contributed by atoms with Crippen molar-refractivity contribution in [2.75, 3.05) is 7.11 Å². The first-order chi connectivity index (χ1) is 10.3. The highest BCUT2D eigenvalue weighted by Gasteiger charge is 2.38. The third-order valence-electron chi connectivity index (χ3n) is 3.07. The van der Waals surface area contributed by atoms with Crippen molar-refractivity contribution in [2.24, 2.45) is 0 Å². The van der Waals surface area contributed by atoms with E-state index in [1.807, 2.05) is 0 Å². The number of carbonyl (C=O) groups is 2. The number of nitrogens with zero attached hydrogens (tertiary/aromatic N) is 1. The Hall–Kier alpha value is -2.06. The average Bonchev–Trinajstić information content (AvgIpc) is 2.74. The maximum absolute atomic E-state index is 12.3. The molecule has 8 heteroatoms. The van der Waals surface area contributed by atoms with E-state index in [9.17, 15) is 14.7 Å². The van der Waals surface area contributed by atoms with Crippen LogP contribution in [0.1, 0.15) is 12.5 Å². The quantitative estimate of drug-likeness (QED) is 0.641. The number of amides is 1. The maximum atomic E-state index is 12.3. The van der Waals surface area contributed by atoms with Crippen LogP contribution < -0.4 is 4.74 Å². The van der Waals surface area contributed by atoms with E-state index in [-0.39, 0.29) is 15.8 Å². The molecule has 2 N–H and O–H groups in total. The standard InChI is InChI=1S/C14H13NO5S2/c1-7(13(18)19)15-12(17)11(22-14(15)21)6-8-3-4-9(16)10(5-8)20-2/h3-7,16H,1-2H3,(H,18,19)/b11-6+/t7-/m1/s1. The molecule has 0 spiro atoms. The van der Waals surface area contributed by atoms with Crippen molar-refractivity contribution in [3.8, 4) is 11.5 Å². The summed E-state index contributed by atoms with van der Waals surface area (Å²) in [5.41, 5.74) is 0.637. The molecule has 1 fully saturated rings. The number of thioether (sulfide) groups is 1. The Kier molecular flexibility index (Phi) is 4.72. The van der Waals surface area contributed by atoms with Gasteiger partial charge in [-0.2, -0.15) is 0 Å². The highest BCUT2D eigenvalue weighted by molar-refractivity contribution is 8.26. The van der Waals surface area contributed by atoms with Crippen molar-refractivity contribution >= 4 is 46.3 Å². The van der Waals surface area contributed by atoms with Crippen molar-refractivity contribution in [3.05, 3.63) is 28.7 Å². The lowest BCUT2D eigenvalue weighted by Gasteiger charge is -2.18. The molecule has 0 bridgehead atoms. The van der Waals surface area contributed by atoms with E-state index in [1.165, 1.54) is 20.1 Å². The number of ether oxygens (including phenoxy) is 1. The number of rotatable bonds is 4. The first kappa shape index (κ1) is 16.3. The fourth-order valence-corrected chi connectivity index (χ4v) is 3.28. The largest absolute Gasteiger partial charge is 0.504 e. The molecular formula is C14H13NO5S2. The van der Waals surface area contributed by atoms with Gasteiger partial charge in [-0.3, -0.25) is 9.69 Å². The van der Waals surface area contributed by atoms with Crippen LogP contribution in [0.15, 0.2) is 23.1 Å². The van der Waals surface area contributed by atoms with Crippen molar-refractivity contribution in [2.45, 2.75) is 13.0 Å². The number of phenolic OH excluding ortho intramolecular Hbond substituents is 1. The Morgan fingerprint density at radius 1 is 1.50 bits per heavy atom.